The number of rotatable bonds is 6. The molecule has 2 aromatic carbocycles. The highest BCUT2D eigenvalue weighted by Gasteiger charge is 2.25. The van der Waals surface area contributed by atoms with Gasteiger partial charge in [0.05, 0.1) is 5.69 Å². The lowest BCUT2D eigenvalue weighted by Gasteiger charge is -2.33. The number of amides is 1. The average molecular weight is 382 g/mol. The molecule has 4 rings (SSSR count). The van der Waals surface area contributed by atoms with Gasteiger partial charge in [0, 0.05) is 18.7 Å². The SMILES string of the molecule is O=C1COc2ccccc2N1CCCC1CCN(Cc2ccccc2F)CC1. The highest BCUT2D eigenvalue weighted by molar-refractivity contribution is 5.97. The van der Waals surface area contributed by atoms with E-state index in [1.165, 1.54) is 6.07 Å². The van der Waals surface area contributed by atoms with Gasteiger partial charge in [-0.05, 0) is 62.9 Å². The zero-order valence-corrected chi connectivity index (χ0v) is 16.1. The lowest BCUT2D eigenvalue weighted by molar-refractivity contribution is -0.121. The number of anilines is 1. The van der Waals surface area contributed by atoms with Gasteiger partial charge in [0.25, 0.3) is 5.91 Å². The Bertz CT molecular complexity index is 818. The van der Waals surface area contributed by atoms with Crippen LogP contribution < -0.4 is 9.64 Å². The van der Waals surface area contributed by atoms with Crippen LogP contribution in [0.4, 0.5) is 10.1 Å². The number of fused-ring (bicyclic) bond motifs is 1. The maximum Gasteiger partial charge on any atom is 0.265 e. The lowest BCUT2D eigenvalue weighted by Crippen LogP contribution is -2.39. The Kier molecular flexibility index (Phi) is 5.91. The number of nitrogens with zero attached hydrogens (tertiary/aromatic N) is 2. The molecule has 0 N–H and O–H groups in total. The summed E-state index contributed by atoms with van der Waals surface area (Å²) >= 11 is 0. The van der Waals surface area contributed by atoms with E-state index < -0.39 is 0 Å². The largest absolute Gasteiger partial charge is 0.482 e. The van der Waals surface area contributed by atoms with E-state index in [4.69, 9.17) is 4.74 Å². The molecule has 0 spiro atoms. The third kappa shape index (κ3) is 4.36. The smallest absolute Gasteiger partial charge is 0.265 e. The Balaban J connectivity index is 1.23. The summed E-state index contributed by atoms with van der Waals surface area (Å²) in [4.78, 5) is 16.5. The first-order chi connectivity index (χ1) is 13.7. The van der Waals surface area contributed by atoms with Crippen LogP contribution in [0.1, 0.15) is 31.2 Å². The summed E-state index contributed by atoms with van der Waals surface area (Å²) < 4.78 is 19.3. The number of piperidine rings is 1. The van der Waals surface area contributed by atoms with E-state index in [0.29, 0.717) is 12.5 Å². The van der Waals surface area contributed by atoms with E-state index in [1.54, 1.807) is 6.07 Å². The molecule has 0 unspecified atom stereocenters. The molecule has 0 saturated carbocycles. The zero-order valence-electron chi connectivity index (χ0n) is 16.1. The predicted molar refractivity (Wildman–Crippen MR) is 108 cm³/mol. The topological polar surface area (TPSA) is 32.8 Å². The Morgan fingerprint density at radius 3 is 2.61 bits per heavy atom. The van der Waals surface area contributed by atoms with Crippen LogP contribution in [0, 0.1) is 11.7 Å². The van der Waals surface area contributed by atoms with Crippen LogP contribution in [0.2, 0.25) is 0 Å². The van der Waals surface area contributed by atoms with Gasteiger partial charge >= 0.3 is 0 Å². The van der Waals surface area contributed by atoms with Crippen LogP contribution in [-0.2, 0) is 11.3 Å². The number of para-hydroxylation sites is 2. The number of carbonyl (C=O) groups is 1. The molecule has 5 heteroatoms. The first kappa shape index (κ1) is 18.9. The zero-order chi connectivity index (χ0) is 19.3. The van der Waals surface area contributed by atoms with Crippen LogP contribution in [0.25, 0.3) is 0 Å². The lowest BCUT2D eigenvalue weighted by atomic mass is 9.92. The Hall–Kier alpha value is -2.40. The molecular formula is C23H27FN2O2. The molecule has 28 heavy (non-hydrogen) atoms. The summed E-state index contributed by atoms with van der Waals surface area (Å²) in [5, 5.41) is 0. The van der Waals surface area contributed by atoms with Gasteiger partial charge in [-0.3, -0.25) is 9.69 Å². The Labute approximate surface area is 165 Å². The van der Waals surface area contributed by atoms with Crippen molar-refractivity contribution in [2.45, 2.75) is 32.2 Å². The highest BCUT2D eigenvalue weighted by atomic mass is 19.1. The number of carbonyl (C=O) groups excluding carboxylic acids is 1. The second kappa shape index (κ2) is 8.74. The molecule has 0 radical (unpaired) electrons. The van der Waals surface area contributed by atoms with Gasteiger partial charge in [-0.25, -0.2) is 4.39 Å². The summed E-state index contributed by atoms with van der Waals surface area (Å²) in [6.45, 7) is 3.59. The number of benzene rings is 2. The van der Waals surface area contributed by atoms with Crippen LogP contribution in [0.15, 0.2) is 48.5 Å². The van der Waals surface area contributed by atoms with E-state index in [-0.39, 0.29) is 18.3 Å². The van der Waals surface area contributed by atoms with Crippen molar-refractivity contribution in [3.05, 3.63) is 59.9 Å². The van der Waals surface area contributed by atoms with Gasteiger partial charge in [-0.2, -0.15) is 0 Å². The molecule has 0 aromatic heterocycles. The van der Waals surface area contributed by atoms with Crippen LogP contribution in [0.3, 0.4) is 0 Å². The van der Waals surface area contributed by atoms with Gasteiger partial charge < -0.3 is 9.64 Å². The first-order valence-electron chi connectivity index (χ1n) is 10.2. The molecule has 148 valence electrons. The summed E-state index contributed by atoms with van der Waals surface area (Å²) in [6, 6.07) is 14.8. The van der Waals surface area contributed by atoms with Crippen molar-refractivity contribution in [1.29, 1.82) is 0 Å². The van der Waals surface area contributed by atoms with Gasteiger partial charge in [-0.15, -0.1) is 0 Å². The second-order valence-corrected chi connectivity index (χ2v) is 7.75. The van der Waals surface area contributed by atoms with Crippen molar-refractivity contribution >= 4 is 11.6 Å². The van der Waals surface area contributed by atoms with Gasteiger partial charge in [0.2, 0.25) is 0 Å². The molecule has 0 aliphatic carbocycles. The summed E-state index contributed by atoms with van der Waals surface area (Å²) in [7, 11) is 0. The molecular weight excluding hydrogens is 355 g/mol. The van der Waals surface area contributed by atoms with E-state index in [2.05, 4.69) is 4.90 Å². The van der Waals surface area contributed by atoms with Gasteiger partial charge in [0.15, 0.2) is 6.61 Å². The quantitative estimate of drug-likeness (QED) is 0.749. The van der Waals surface area contributed by atoms with E-state index >= 15 is 0 Å². The fourth-order valence-corrected chi connectivity index (χ4v) is 4.24. The number of hydrogen-bond donors (Lipinski definition) is 0. The summed E-state index contributed by atoms with van der Waals surface area (Å²) in [6.07, 6.45) is 4.41. The molecule has 2 heterocycles. The third-order valence-electron chi connectivity index (χ3n) is 5.86. The molecule has 2 aliphatic rings. The fourth-order valence-electron chi connectivity index (χ4n) is 4.24. The van der Waals surface area contributed by atoms with Gasteiger partial charge in [-0.1, -0.05) is 30.3 Å². The van der Waals surface area contributed by atoms with Crippen molar-refractivity contribution in [3.8, 4) is 5.75 Å². The van der Waals surface area contributed by atoms with Crippen molar-refractivity contribution in [3.63, 3.8) is 0 Å². The van der Waals surface area contributed by atoms with E-state index in [0.717, 1.165) is 62.3 Å². The molecule has 2 aromatic rings. The number of hydrogen-bond acceptors (Lipinski definition) is 3. The van der Waals surface area contributed by atoms with E-state index in [9.17, 15) is 9.18 Å². The summed E-state index contributed by atoms with van der Waals surface area (Å²) in [5.41, 5.74) is 1.67. The van der Waals surface area contributed by atoms with Crippen molar-refractivity contribution in [2.24, 2.45) is 5.92 Å². The van der Waals surface area contributed by atoms with Crippen LogP contribution in [0.5, 0.6) is 5.75 Å². The van der Waals surface area contributed by atoms with Crippen molar-refractivity contribution in [1.82, 2.24) is 4.90 Å². The molecule has 0 atom stereocenters. The monoisotopic (exact) mass is 382 g/mol. The predicted octanol–water partition coefficient (Wildman–Crippen LogP) is 4.24. The van der Waals surface area contributed by atoms with Crippen LogP contribution in [-0.4, -0.2) is 37.0 Å². The maximum absolute atomic E-state index is 13.8. The molecule has 2 aliphatic heterocycles. The van der Waals surface area contributed by atoms with Crippen LogP contribution >= 0.6 is 0 Å². The Morgan fingerprint density at radius 1 is 1.04 bits per heavy atom. The maximum atomic E-state index is 13.8. The molecule has 1 amide bonds. The third-order valence-corrected chi connectivity index (χ3v) is 5.86. The number of likely N-dealkylation sites (tertiary alicyclic amines) is 1. The fraction of sp³-hybridized carbons (Fsp3) is 0.435. The van der Waals surface area contributed by atoms with E-state index in [1.807, 2.05) is 41.3 Å². The minimum atomic E-state index is -0.111. The minimum absolute atomic E-state index is 0.0402. The second-order valence-electron chi connectivity index (χ2n) is 7.75. The molecule has 1 saturated heterocycles. The number of ether oxygens (including phenoxy) is 1. The molecule has 4 nitrogen and oxygen atoms in total. The molecule has 1 fully saturated rings. The summed E-state index contributed by atoms with van der Waals surface area (Å²) in [5.74, 6) is 1.41. The van der Waals surface area contributed by atoms with Crippen molar-refractivity contribution in [2.75, 3.05) is 31.1 Å². The standard InChI is InChI=1S/C23H27FN2O2/c24-20-8-2-1-7-19(20)16-25-14-11-18(12-15-25)6-5-13-26-21-9-3-4-10-22(21)28-17-23(26)27/h1-4,7-10,18H,5-6,11-17H2. The Morgan fingerprint density at radius 2 is 1.79 bits per heavy atom. The average Bonchev–Trinajstić information content (AvgIpc) is 2.72. The van der Waals surface area contributed by atoms with Crippen molar-refractivity contribution < 1.29 is 13.9 Å². The minimum Gasteiger partial charge on any atom is -0.482 e. The first-order valence-corrected chi connectivity index (χ1v) is 10.2. The molecule has 0 bridgehead atoms. The normalized spacial score (nSPS) is 18.0. The van der Waals surface area contributed by atoms with Gasteiger partial charge in [0.1, 0.15) is 11.6 Å². The number of halogens is 1. The highest BCUT2D eigenvalue weighted by Crippen LogP contribution is 2.32.